The van der Waals surface area contributed by atoms with Gasteiger partial charge in [0, 0.05) is 38.1 Å². The number of sulfonamides is 1. The molecule has 1 aliphatic rings. The van der Waals surface area contributed by atoms with Crippen molar-refractivity contribution < 1.29 is 12.8 Å². The summed E-state index contributed by atoms with van der Waals surface area (Å²) in [6.07, 6.45) is 3.32. The first-order valence-corrected chi connectivity index (χ1v) is 11.4. The maximum atomic E-state index is 12.6. The van der Waals surface area contributed by atoms with E-state index in [1.807, 2.05) is 47.8 Å². The van der Waals surface area contributed by atoms with Crippen molar-refractivity contribution in [2.45, 2.75) is 6.54 Å². The van der Waals surface area contributed by atoms with Crippen molar-refractivity contribution in [1.82, 2.24) is 14.2 Å². The highest BCUT2D eigenvalue weighted by Gasteiger charge is 2.25. The molecule has 1 saturated heterocycles. The first-order chi connectivity index (χ1) is 13.6. The Hall–Kier alpha value is -2.26. The van der Waals surface area contributed by atoms with Gasteiger partial charge >= 0.3 is 0 Å². The van der Waals surface area contributed by atoms with Crippen LogP contribution in [0.25, 0.3) is 16.8 Å². The molecule has 0 N–H and O–H groups in total. The summed E-state index contributed by atoms with van der Waals surface area (Å²) >= 11 is 1.59. The van der Waals surface area contributed by atoms with Crippen LogP contribution in [0.2, 0.25) is 0 Å². The van der Waals surface area contributed by atoms with Gasteiger partial charge in [0.1, 0.15) is 6.26 Å². The predicted molar refractivity (Wildman–Crippen MR) is 111 cm³/mol. The van der Waals surface area contributed by atoms with Crippen molar-refractivity contribution in [2.24, 2.45) is 0 Å². The molecule has 1 aromatic carbocycles. The fourth-order valence-corrected chi connectivity index (χ4v) is 4.91. The Kier molecular flexibility index (Phi) is 5.72. The molecule has 0 radical (unpaired) electrons. The standard InChI is InChI=1S/C20H21N3O3S2/c24-28(25,14-8-17-5-2-1-3-6-17)23-11-9-22(10-12-23)15-18-16-26-20(21-18)19-7-4-13-27-19/h1-8,13-14,16H,9-12,15H2. The highest BCUT2D eigenvalue weighted by atomic mass is 32.2. The molecule has 0 atom stereocenters. The van der Waals surface area contributed by atoms with Gasteiger partial charge in [-0.15, -0.1) is 11.3 Å². The van der Waals surface area contributed by atoms with E-state index in [2.05, 4.69) is 9.88 Å². The topological polar surface area (TPSA) is 66.7 Å². The van der Waals surface area contributed by atoms with Crippen molar-refractivity contribution in [2.75, 3.05) is 26.2 Å². The zero-order chi connectivity index (χ0) is 19.4. The van der Waals surface area contributed by atoms with Gasteiger partial charge in [-0.1, -0.05) is 36.4 Å². The molecule has 0 aliphatic carbocycles. The molecule has 0 bridgehead atoms. The Bertz CT molecular complexity index is 1020. The number of oxazole rings is 1. The number of aromatic nitrogens is 1. The third-order valence-electron chi connectivity index (χ3n) is 4.59. The maximum Gasteiger partial charge on any atom is 0.236 e. The second-order valence-corrected chi connectivity index (χ2v) is 9.32. The molecule has 1 fully saturated rings. The summed E-state index contributed by atoms with van der Waals surface area (Å²) in [4.78, 5) is 7.74. The second kappa shape index (κ2) is 8.40. The molecule has 28 heavy (non-hydrogen) atoms. The molecule has 0 spiro atoms. The van der Waals surface area contributed by atoms with E-state index in [4.69, 9.17) is 4.42 Å². The maximum absolute atomic E-state index is 12.6. The van der Waals surface area contributed by atoms with Gasteiger partial charge in [-0.25, -0.2) is 13.4 Å². The van der Waals surface area contributed by atoms with E-state index >= 15 is 0 Å². The molecule has 0 saturated carbocycles. The van der Waals surface area contributed by atoms with Gasteiger partial charge < -0.3 is 4.42 Å². The average Bonchev–Trinajstić information content (AvgIpc) is 3.40. The number of hydrogen-bond donors (Lipinski definition) is 0. The van der Waals surface area contributed by atoms with Crippen molar-refractivity contribution in [3.8, 4) is 10.8 Å². The van der Waals surface area contributed by atoms with Gasteiger partial charge in [-0.3, -0.25) is 4.90 Å². The van der Waals surface area contributed by atoms with Crippen LogP contribution < -0.4 is 0 Å². The zero-order valence-electron chi connectivity index (χ0n) is 15.3. The van der Waals surface area contributed by atoms with Crippen molar-refractivity contribution in [3.63, 3.8) is 0 Å². The molecule has 2 aromatic heterocycles. The Morgan fingerprint density at radius 3 is 2.57 bits per heavy atom. The van der Waals surface area contributed by atoms with Crippen LogP contribution in [0.3, 0.4) is 0 Å². The summed E-state index contributed by atoms with van der Waals surface area (Å²) in [7, 11) is -3.41. The highest BCUT2D eigenvalue weighted by molar-refractivity contribution is 7.92. The average molecular weight is 416 g/mol. The summed E-state index contributed by atoms with van der Waals surface area (Å²) in [6.45, 7) is 2.93. The molecule has 8 heteroatoms. The Morgan fingerprint density at radius 1 is 1.07 bits per heavy atom. The third kappa shape index (κ3) is 4.59. The van der Waals surface area contributed by atoms with Crippen LogP contribution in [0.1, 0.15) is 11.3 Å². The van der Waals surface area contributed by atoms with Gasteiger partial charge in [-0.05, 0) is 23.1 Å². The first kappa shape index (κ1) is 19.1. The lowest BCUT2D eigenvalue weighted by molar-refractivity contribution is 0.181. The number of benzene rings is 1. The minimum absolute atomic E-state index is 0.469. The highest BCUT2D eigenvalue weighted by Crippen LogP contribution is 2.24. The minimum Gasteiger partial charge on any atom is -0.444 e. The molecule has 3 aromatic rings. The van der Waals surface area contributed by atoms with Crippen molar-refractivity contribution in [3.05, 3.63) is 70.8 Å². The first-order valence-electron chi connectivity index (χ1n) is 9.04. The van der Waals surface area contributed by atoms with Gasteiger partial charge in [0.05, 0.1) is 10.6 Å². The van der Waals surface area contributed by atoms with Gasteiger partial charge in [-0.2, -0.15) is 4.31 Å². The number of rotatable bonds is 6. The van der Waals surface area contributed by atoms with E-state index in [0.717, 1.165) is 16.1 Å². The molecule has 6 nitrogen and oxygen atoms in total. The molecule has 1 aliphatic heterocycles. The van der Waals surface area contributed by atoms with Crippen LogP contribution in [0.5, 0.6) is 0 Å². The second-order valence-electron chi connectivity index (χ2n) is 6.55. The summed E-state index contributed by atoms with van der Waals surface area (Å²) in [5.74, 6) is 0.636. The van der Waals surface area contributed by atoms with Gasteiger partial charge in [0.25, 0.3) is 0 Å². The lowest BCUT2D eigenvalue weighted by Crippen LogP contribution is -2.47. The summed E-state index contributed by atoms with van der Waals surface area (Å²) in [5.41, 5.74) is 1.74. The molecule has 0 amide bonds. The van der Waals surface area contributed by atoms with E-state index in [9.17, 15) is 8.42 Å². The quantitative estimate of drug-likeness (QED) is 0.616. The monoisotopic (exact) mass is 415 g/mol. The third-order valence-corrected chi connectivity index (χ3v) is 7.02. The molecule has 0 unspecified atom stereocenters. The van der Waals surface area contributed by atoms with Crippen molar-refractivity contribution >= 4 is 27.4 Å². The molecule has 3 heterocycles. The van der Waals surface area contributed by atoms with Crippen molar-refractivity contribution in [1.29, 1.82) is 0 Å². The summed E-state index contributed by atoms with van der Waals surface area (Å²) in [6, 6.07) is 13.4. The van der Waals surface area contributed by atoms with Crippen LogP contribution in [-0.4, -0.2) is 48.8 Å². The lowest BCUT2D eigenvalue weighted by Gasteiger charge is -2.32. The zero-order valence-corrected chi connectivity index (χ0v) is 16.9. The summed E-state index contributed by atoms with van der Waals surface area (Å²) in [5, 5.41) is 3.29. The van der Waals surface area contributed by atoms with Crippen LogP contribution >= 0.6 is 11.3 Å². The van der Waals surface area contributed by atoms with Crippen LogP contribution in [0.4, 0.5) is 0 Å². The number of thiophene rings is 1. The van der Waals surface area contributed by atoms with Gasteiger partial charge in [0.2, 0.25) is 15.9 Å². The van der Waals surface area contributed by atoms with E-state index in [-0.39, 0.29) is 0 Å². The number of nitrogens with zero attached hydrogens (tertiary/aromatic N) is 3. The van der Waals surface area contributed by atoms with E-state index in [0.29, 0.717) is 38.6 Å². The van der Waals surface area contributed by atoms with Crippen LogP contribution in [-0.2, 0) is 16.6 Å². The number of hydrogen-bond acceptors (Lipinski definition) is 6. The predicted octanol–water partition coefficient (Wildman–Crippen LogP) is 3.52. The number of piperazine rings is 1. The fourth-order valence-electron chi connectivity index (χ4n) is 3.08. The SMILES string of the molecule is O=S(=O)(C=Cc1ccccc1)N1CCN(Cc2coc(-c3cccs3)n2)CC1. The van der Waals surface area contributed by atoms with Crippen LogP contribution in [0.15, 0.2) is 63.9 Å². The van der Waals surface area contributed by atoms with E-state index in [1.165, 1.54) is 9.71 Å². The fraction of sp³-hybridized carbons (Fsp3) is 0.250. The molecule has 146 valence electrons. The van der Waals surface area contributed by atoms with E-state index in [1.54, 1.807) is 23.7 Å². The Morgan fingerprint density at radius 2 is 1.86 bits per heavy atom. The summed E-state index contributed by atoms with van der Waals surface area (Å²) < 4.78 is 32.2. The molecule has 4 rings (SSSR count). The smallest absolute Gasteiger partial charge is 0.236 e. The largest absolute Gasteiger partial charge is 0.444 e. The van der Waals surface area contributed by atoms with Crippen LogP contribution in [0, 0.1) is 0 Å². The van der Waals surface area contributed by atoms with Gasteiger partial charge in [0.15, 0.2) is 0 Å². The molecular weight excluding hydrogens is 394 g/mol. The minimum atomic E-state index is -3.41. The normalized spacial score (nSPS) is 16.7. The Labute approximate surface area is 168 Å². The Balaban J connectivity index is 1.32. The molecular formula is C20H21N3O3S2. The lowest BCUT2D eigenvalue weighted by atomic mass is 10.2. The van der Waals surface area contributed by atoms with E-state index < -0.39 is 10.0 Å².